The topological polar surface area (TPSA) is 234 Å². The summed E-state index contributed by atoms with van der Waals surface area (Å²) < 4.78 is 26.0. The standard InChI is InChI=1S/2C48H24N8.C12H6N2.C4H10.C2H4O2.2Ga/c2*1-2-10-26-18-34-33(17-25(26)9-1)41-49-42(34)54-44-37-21-29-13-5-6-14-30(29)22-38(37)46(51-44)56-48-40-24-32-16-8-7-15-31(32)23-39(40)47(52-48)55-45-36-20-28-12-4-3-11-27(28)19-35(36)43(50-45)53-41;13-7-11-5-9-3-1-2-4-10(9)6-12(11)8-14;1-3-4-2;3-1-2-4;;/h2*1-24H;1-6H;3-4H2,1-2H3;1-2H2;;/q2*-2;;;-2;2*+3. The van der Waals surface area contributed by atoms with Crippen molar-refractivity contribution in [2.45, 2.75) is 26.7 Å². The Bertz CT molecular complexity index is 8950. The number of amidine groups is 8. The number of unbranched alkanes of at least 4 members (excludes halogenated alkanes) is 1. The molecule has 0 spiro atoms. The summed E-state index contributed by atoms with van der Waals surface area (Å²) in [6, 6.07) is 119. The van der Waals surface area contributed by atoms with Gasteiger partial charge < -0.3 is 0 Å². The summed E-state index contributed by atoms with van der Waals surface area (Å²) in [5.74, 6) is 6.85. The van der Waals surface area contributed by atoms with Crippen molar-refractivity contribution in [1.82, 2.24) is 13.1 Å². The fraction of sp³-hybridized carbons (Fsp3) is 0.0526. The summed E-state index contributed by atoms with van der Waals surface area (Å²) in [6.07, 6.45) is 2.64. The zero-order valence-electron chi connectivity index (χ0n) is 73.0. The van der Waals surface area contributed by atoms with Crippen LogP contribution in [0.2, 0.25) is 0 Å². The molecule has 0 radical (unpaired) electrons. The minimum absolute atomic E-state index is 0.0565. The van der Waals surface area contributed by atoms with Crippen molar-refractivity contribution in [3.05, 3.63) is 405 Å². The zero-order chi connectivity index (χ0) is 89.8. The molecule has 12 heterocycles. The van der Waals surface area contributed by atoms with Crippen LogP contribution in [-0.2, 0) is 7.06 Å². The number of nitriles is 2. The summed E-state index contributed by atoms with van der Waals surface area (Å²) in [5, 5.41) is 43.5. The molecular weight excluding hydrogens is 1790 g/mol. The number of aliphatic imine (C=N–C) groups is 8. The normalized spacial score (nSPS) is 14.2. The van der Waals surface area contributed by atoms with Crippen LogP contribution in [0.4, 0.5) is 23.3 Å². The third-order valence-electron chi connectivity index (χ3n) is 27.4. The number of hydrogen-bond acceptors (Lipinski definition) is 16. The minimum atomic E-state index is -4.48. The molecule has 18 aromatic carbocycles. The summed E-state index contributed by atoms with van der Waals surface area (Å²) in [5.41, 5.74) is 10.4. The van der Waals surface area contributed by atoms with Crippen molar-refractivity contribution in [2.24, 2.45) is 59.9 Å². The van der Waals surface area contributed by atoms with Gasteiger partial charge in [-0.2, -0.15) is 10.5 Å². The Labute approximate surface area is 785 Å². The second-order valence-electron chi connectivity index (χ2n) is 35.3. The van der Waals surface area contributed by atoms with Crippen LogP contribution in [0.1, 0.15) is 82.3 Å². The van der Waals surface area contributed by atoms with Crippen molar-refractivity contribution in [2.75, 3.05) is 13.2 Å². The average Bonchev–Trinajstić information content (AvgIpc) is 1.55. The van der Waals surface area contributed by atoms with Gasteiger partial charge in [-0.25, -0.2) is 0 Å². The van der Waals surface area contributed by atoms with Gasteiger partial charge in [-0.3, -0.25) is 0 Å². The number of benzene rings is 18. The molecule has 22 heteroatoms. The van der Waals surface area contributed by atoms with E-state index < -0.39 is 34.1 Å². The molecule has 4 aromatic heterocycles. The van der Waals surface area contributed by atoms with Crippen LogP contribution in [0.15, 0.2) is 387 Å². The van der Waals surface area contributed by atoms with Gasteiger partial charge in [-0.1, -0.05) is 51.0 Å². The molecule has 30 rings (SSSR count). The van der Waals surface area contributed by atoms with Crippen molar-refractivity contribution in [3.63, 3.8) is 0 Å². The van der Waals surface area contributed by atoms with Gasteiger partial charge in [0.1, 0.15) is 12.1 Å². The molecule has 0 N–H and O–H groups in total. The Balaban J connectivity index is 0.000000461. The van der Waals surface area contributed by atoms with Crippen molar-refractivity contribution in [1.29, 1.82) is 10.5 Å². The van der Waals surface area contributed by atoms with E-state index in [0.717, 1.165) is 185 Å². The molecule has 0 amide bonds. The van der Waals surface area contributed by atoms with Gasteiger partial charge in [-0.15, -0.1) is 0 Å². The van der Waals surface area contributed by atoms with Crippen LogP contribution in [0.25, 0.3) is 140 Å². The molecule has 8 aliphatic heterocycles. The Kier molecular flexibility index (Phi) is 17.4. The number of nitrogens with zero attached hydrogens (tertiary/aromatic N) is 18. The second-order valence-corrected chi connectivity index (χ2v) is 43.8. The van der Waals surface area contributed by atoms with E-state index in [-0.39, 0.29) is 13.2 Å². The van der Waals surface area contributed by atoms with Gasteiger partial charge in [0.15, 0.2) is 0 Å². The molecular formula is C114H68Ga2N18O2. The van der Waals surface area contributed by atoms with Gasteiger partial charge >= 0.3 is 684 Å². The first-order chi connectivity index (χ1) is 67.1. The second kappa shape index (κ2) is 30.4. The van der Waals surface area contributed by atoms with E-state index in [1.165, 1.54) is 12.8 Å². The molecule has 8 aliphatic rings. The fourth-order valence-corrected chi connectivity index (χ4v) is 31.0. The molecule has 0 saturated heterocycles. The number of aromatic nitrogens is 4. The zero-order valence-corrected chi connectivity index (χ0v) is 77.9. The molecule has 136 heavy (non-hydrogen) atoms. The van der Waals surface area contributed by atoms with E-state index in [1.54, 1.807) is 12.1 Å². The molecule has 0 saturated carbocycles. The third-order valence-corrected chi connectivity index (χ3v) is 37.5. The maximum atomic E-state index is 8.81. The van der Waals surface area contributed by atoms with Gasteiger partial charge in [0.2, 0.25) is 0 Å². The molecule has 22 aromatic rings. The van der Waals surface area contributed by atoms with E-state index >= 15 is 0 Å². The van der Waals surface area contributed by atoms with Crippen molar-refractivity contribution >= 4 is 244 Å². The maximum absolute atomic E-state index is 8.81. The fourth-order valence-electron chi connectivity index (χ4n) is 20.7. The number of rotatable bonds is 6. The predicted octanol–water partition coefficient (Wildman–Crippen LogP) is 22.5. The van der Waals surface area contributed by atoms with Gasteiger partial charge in [-0.05, 0) is 22.9 Å². The van der Waals surface area contributed by atoms with Crippen LogP contribution in [0, 0.1) is 22.7 Å². The quantitative estimate of drug-likeness (QED) is 0.117. The van der Waals surface area contributed by atoms with Gasteiger partial charge in [0.05, 0.1) is 11.1 Å². The Morgan fingerprint density at radius 3 is 0.566 bits per heavy atom. The van der Waals surface area contributed by atoms with Crippen LogP contribution in [0.3, 0.4) is 0 Å². The van der Waals surface area contributed by atoms with Crippen LogP contribution < -0.4 is 22.0 Å². The Morgan fingerprint density at radius 2 is 0.382 bits per heavy atom. The first kappa shape index (κ1) is 77.9. The first-order valence-electron chi connectivity index (χ1n) is 45.7. The van der Waals surface area contributed by atoms with Crippen LogP contribution in [-0.4, -0.2) is 107 Å². The Morgan fingerprint density at radius 1 is 0.213 bits per heavy atom. The monoisotopic (exact) mass is 1860 g/mol. The molecule has 0 fully saturated rings. The Hall–Kier alpha value is -16.8. The molecule has 0 unspecified atom stereocenters. The predicted molar refractivity (Wildman–Crippen MR) is 548 cm³/mol. The molecule has 12 bridgehead atoms. The molecule has 0 aliphatic carbocycles. The summed E-state index contributed by atoms with van der Waals surface area (Å²) >= 11 is -8.96. The molecule has 20 nitrogen and oxygen atoms in total. The summed E-state index contributed by atoms with van der Waals surface area (Å²) in [4.78, 5) is 70.0. The van der Waals surface area contributed by atoms with E-state index in [0.29, 0.717) is 103 Å². The third kappa shape index (κ3) is 12.1. The average molecular weight is 1860 g/mol. The molecule has 632 valence electrons. The number of fused-ring (bicyclic) bond motifs is 37. The number of hydrogen-bond donors (Lipinski definition) is 0. The van der Waals surface area contributed by atoms with Gasteiger partial charge in [0, 0.05) is 0 Å². The summed E-state index contributed by atoms with van der Waals surface area (Å²) in [6.45, 7) is 4.47. The van der Waals surface area contributed by atoms with Crippen molar-refractivity contribution < 1.29 is 7.06 Å². The van der Waals surface area contributed by atoms with E-state index in [4.69, 9.17) is 77.5 Å². The molecule has 0 atom stereocenters. The van der Waals surface area contributed by atoms with Gasteiger partial charge in [0.25, 0.3) is 0 Å². The SMILES string of the molecule is CCCC.N#Cc1cc2ccccc2cc1C#N.c1ccc2cc3c(cc2c1)C1=NC3=Nc2c3cc4ccccc4cc3c3[n]2[Ga]([O]CC[O][Ga]2[n]4c5c6cc7ccccc7cc6c4N=C4N=C(N=c6c7cc8ccccc8cc7c([n]62)=NC2=NC(=N5)c5cc6ccccc6cc52)c2cc5ccccc5cc24)[n]2c(c4cc5ccccc5cc4c2=NC2=NC(=N3)c3cc4ccccc4cc32)=N1. The van der Waals surface area contributed by atoms with Crippen LogP contribution in [0.5, 0.6) is 0 Å². The van der Waals surface area contributed by atoms with Crippen molar-refractivity contribution in [3.8, 4) is 12.1 Å². The van der Waals surface area contributed by atoms with E-state index in [1.807, 2.05) is 36.4 Å². The first-order valence-corrected chi connectivity index (χ1v) is 52.0. The van der Waals surface area contributed by atoms with E-state index in [9.17, 15) is 0 Å². The van der Waals surface area contributed by atoms with E-state index in [2.05, 4.69) is 318 Å². The van der Waals surface area contributed by atoms with Crippen LogP contribution >= 0.6 is 0 Å². The summed E-state index contributed by atoms with van der Waals surface area (Å²) in [7, 11) is 0.